The molecule has 0 fully saturated rings. The summed E-state index contributed by atoms with van der Waals surface area (Å²) in [6.45, 7) is 2.74. The van der Waals surface area contributed by atoms with Crippen molar-refractivity contribution < 1.29 is 19.8 Å². The average Bonchev–Trinajstić information content (AvgIpc) is 3.44. The molecule has 10 nitrogen and oxygen atoms in total. The van der Waals surface area contributed by atoms with E-state index in [1.165, 1.54) is 6.20 Å². The van der Waals surface area contributed by atoms with E-state index in [9.17, 15) is 14.7 Å². The molecule has 2 aromatic heterocycles. The van der Waals surface area contributed by atoms with Gasteiger partial charge in [-0.2, -0.15) is 0 Å². The molecule has 1 amide bonds. The number of anilines is 1. The largest absolute Gasteiger partial charge is 0.493 e. The predicted octanol–water partition coefficient (Wildman–Crippen LogP) is 5.80. The Bertz CT molecular complexity index is 1440. The van der Waals surface area contributed by atoms with Gasteiger partial charge in [0.25, 0.3) is 0 Å². The lowest BCUT2D eigenvalue weighted by Gasteiger charge is -2.07. The molecule has 4 aromatic rings. The summed E-state index contributed by atoms with van der Waals surface area (Å²) in [5.41, 5.74) is 8.01. The third kappa shape index (κ3) is 6.18. The highest BCUT2D eigenvalue weighted by molar-refractivity contribution is 7.99. The van der Waals surface area contributed by atoms with Crippen molar-refractivity contribution in [2.24, 2.45) is 10.2 Å². The summed E-state index contributed by atoms with van der Waals surface area (Å²) >= 11 is 1.64. The molecule has 0 aliphatic rings. The van der Waals surface area contributed by atoms with Crippen molar-refractivity contribution >= 4 is 46.2 Å². The van der Waals surface area contributed by atoms with E-state index in [4.69, 9.17) is 10.8 Å². The number of carboxylic acid groups (broad SMARTS) is 1. The number of nitrogens with two attached hydrogens (primary N) is 1. The Kier molecular flexibility index (Phi) is 8.24. The van der Waals surface area contributed by atoms with Crippen LogP contribution in [-0.4, -0.2) is 42.4 Å². The van der Waals surface area contributed by atoms with Crippen LogP contribution in [0, 0.1) is 0 Å². The smallest absolute Gasteiger partial charge is 0.335 e. The van der Waals surface area contributed by atoms with Gasteiger partial charge in [-0.15, -0.1) is 22.0 Å². The molecule has 11 heteroatoms. The number of thioether (sulfide) groups is 1. The number of H-pyrrole nitrogens is 1. The Morgan fingerprint density at radius 1 is 1.16 bits per heavy atom. The fourth-order valence-corrected chi connectivity index (χ4v) is 4.87. The molecule has 0 aliphatic carbocycles. The van der Waals surface area contributed by atoms with E-state index >= 15 is 0 Å². The minimum Gasteiger partial charge on any atom is -0.493 e. The highest BCUT2D eigenvalue weighted by Crippen LogP contribution is 2.41. The number of carboxylic acids is 1. The van der Waals surface area contributed by atoms with Crippen LogP contribution in [0.4, 0.5) is 11.6 Å². The average molecular weight is 521 g/mol. The first-order valence-corrected chi connectivity index (χ1v) is 12.9. The molecule has 0 atom stereocenters. The van der Waals surface area contributed by atoms with E-state index in [1.54, 1.807) is 28.5 Å². The zero-order valence-electron chi connectivity index (χ0n) is 20.3. The lowest BCUT2D eigenvalue weighted by molar-refractivity contribution is 0.0696. The molecule has 0 spiro atoms. The molecule has 4 rings (SSSR count). The second-order valence-corrected chi connectivity index (χ2v) is 9.67. The van der Waals surface area contributed by atoms with Crippen LogP contribution >= 0.6 is 11.8 Å². The Morgan fingerprint density at radius 3 is 2.62 bits per heavy atom. The molecule has 37 heavy (non-hydrogen) atoms. The second kappa shape index (κ2) is 11.7. The fraction of sp³-hybridized carbons (Fsp3) is 0.269. The number of benzene rings is 2. The van der Waals surface area contributed by atoms with Crippen LogP contribution < -0.4 is 5.73 Å². The van der Waals surface area contributed by atoms with Crippen molar-refractivity contribution in [3.63, 3.8) is 0 Å². The number of aromatic hydroxyl groups is 1. The van der Waals surface area contributed by atoms with Crippen LogP contribution in [0.25, 0.3) is 10.9 Å². The van der Waals surface area contributed by atoms with E-state index in [0.29, 0.717) is 11.9 Å². The molecule has 192 valence electrons. The Labute approximate surface area is 217 Å². The van der Waals surface area contributed by atoms with Gasteiger partial charge in [0.05, 0.1) is 17.3 Å². The lowest BCUT2D eigenvalue weighted by Crippen LogP contribution is -1.97. The monoisotopic (exact) mass is 520 g/mol. The number of hydrogen-bond donors (Lipinski definition) is 4. The first-order chi connectivity index (χ1) is 17.9. The van der Waals surface area contributed by atoms with E-state index < -0.39 is 11.9 Å². The summed E-state index contributed by atoms with van der Waals surface area (Å²) < 4.78 is 1.80. The molecule has 5 N–H and O–H groups in total. The Hall–Kier alpha value is -4.12. The predicted molar refractivity (Wildman–Crippen MR) is 143 cm³/mol. The molecule has 0 aliphatic heterocycles. The van der Waals surface area contributed by atoms with Crippen LogP contribution in [-0.2, 0) is 13.0 Å². The Balaban J connectivity index is 1.56. The maximum Gasteiger partial charge on any atom is 0.335 e. The number of nitrogen functional groups attached to an aromatic ring is 1. The summed E-state index contributed by atoms with van der Waals surface area (Å²) in [5.74, 6) is -0.740. The third-order valence-electron chi connectivity index (χ3n) is 5.89. The fourth-order valence-electron chi connectivity index (χ4n) is 3.93. The van der Waals surface area contributed by atoms with Gasteiger partial charge in [-0.25, -0.2) is 9.78 Å². The third-order valence-corrected chi connectivity index (χ3v) is 6.89. The number of unbranched alkanes of at least 4 members (excludes halogenated alkanes) is 2. The molecular formula is C26H28N6O4S. The van der Waals surface area contributed by atoms with Gasteiger partial charge in [-0.1, -0.05) is 31.9 Å². The summed E-state index contributed by atoms with van der Waals surface area (Å²) in [4.78, 5) is 30.8. The molecule has 0 saturated carbocycles. The zero-order chi connectivity index (χ0) is 26.4. The van der Waals surface area contributed by atoms with Gasteiger partial charge in [0, 0.05) is 22.6 Å². The first kappa shape index (κ1) is 26.0. The van der Waals surface area contributed by atoms with E-state index in [2.05, 4.69) is 27.1 Å². The summed E-state index contributed by atoms with van der Waals surface area (Å²) in [6.07, 6.45) is 5.02. The van der Waals surface area contributed by atoms with Gasteiger partial charge in [0.2, 0.25) is 5.88 Å². The normalized spacial score (nSPS) is 11.5. The first-order valence-electron chi connectivity index (χ1n) is 11.9. The van der Waals surface area contributed by atoms with Crippen molar-refractivity contribution in [2.45, 2.75) is 44.0 Å². The number of imidazole rings is 1. The number of aromatic amines is 1. The number of carbonyl (C=O) groups excluding carboxylic acids is 1. The van der Waals surface area contributed by atoms with E-state index in [-0.39, 0.29) is 28.8 Å². The lowest BCUT2D eigenvalue weighted by atomic mass is 10.1. The number of hydrogen-bond acceptors (Lipinski definition) is 7. The standard InChI is InChI=1S/C26H28N6O4S/c1-2-3-4-12-32-21-10-9-18(37-13-11-16-5-7-17(8-6-16)25(35)36)14-19(21)22(24(32)34)30-31-23(33)20-15-28-26(27)29-20/h5-10,14-15,34H,2-4,11-13H2,1H3,(H,35,36)(H3,27,28,29). The van der Waals surface area contributed by atoms with Crippen molar-refractivity contribution in [3.8, 4) is 5.88 Å². The van der Waals surface area contributed by atoms with Gasteiger partial charge in [-0.05, 0) is 48.7 Å². The number of aryl methyl sites for hydroxylation is 2. The summed E-state index contributed by atoms with van der Waals surface area (Å²) in [5, 5.41) is 28.6. The maximum absolute atomic E-state index is 12.4. The topological polar surface area (TPSA) is 159 Å². The minimum absolute atomic E-state index is 0.0348. The van der Waals surface area contributed by atoms with Crippen LogP contribution in [0.2, 0.25) is 0 Å². The Morgan fingerprint density at radius 2 is 1.95 bits per heavy atom. The number of fused-ring (bicyclic) bond motifs is 1. The molecule has 0 saturated heterocycles. The van der Waals surface area contributed by atoms with Crippen LogP contribution in [0.3, 0.4) is 0 Å². The maximum atomic E-state index is 12.4. The van der Waals surface area contributed by atoms with Gasteiger partial charge in [-0.3, -0.25) is 4.79 Å². The highest BCUT2D eigenvalue weighted by Gasteiger charge is 2.18. The van der Waals surface area contributed by atoms with Crippen molar-refractivity contribution in [3.05, 3.63) is 65.5 Å². The van der Waals surface area contributed by atoms with Crippen LogP contribution in [0.1, 0.15) is 52.6 Å². The van der Waals surface area contributed by atoms with Crippen molar-refractivity contribution in [1.82, 2.24) is 14.5 Å². The number of rotatable bonds is 11. The molecule has 2 aromatic carbocycles. The number of amides is 1. The van der Waals surface area contributed by atoms with Gasteiger partial charge >= 0.3 is 11.9 Å². The quantitative estimate of drug-likeness (QED) is 0.110. The number of aromatic carboxylic acids is 1. The number of azo groups is 1. The summed E-state index contributed by atoms with van der Waals surface area (Å²) in [6, 6.07) is 12.7. The van der Waals surface area contributed by atoms with E-state index in [0.717, 1.165) is 47.4 Å². The number of nitrogens with zero attached hydrogens (tertiary/aromatic N) is 4. The second-order valence-electron chi connectivity index (χ2n) is 8.50. The van der Waals surface area contributed by atoms with Crippen LogP contribution in [0.5, 0.6) is 5.88 Å². The molecule has 0 bridgehead atoms. The van der Waals surface area contributed by atoms with Gasteiger partial charge < -0.3 is 25.5 Å². The van der Waals surface area contributed by atoms with Crippen LogP contribution in [0.15, 0.2) is 63.8 Å². The SMILES string of the molecule is CCCCCn1c(O)c(N=NC(=O)c2cnc(N)[nH]2)c2cc(SCCc3ccc(C(=O)O)cc3)ccc21. The van der Waals surface area contributed by atoms with Crippen molar-refractivity contribution in [1.29, 1.82) is 0 Å². The molecular weight excluding hydrogens is 492 g/mol. The van der Waals surface area contributed by atoms with Crippen molar-refractivity contribution in [2.75, 3.05) is 11.5 Å². The van der Waals surface area contributed by atoms with Gasteiger partial charge in [0.15, 0.2) is 11.6 Å². The van der Waals surface area contributed by atoms with E-state index in [1.807, 2.05) is 30.3 Å². The molecule has 0 unspecified atom stereocenters. The van der Waals surface area contributed by atoms with Gasteiger partial charge in [0.1, 0.15) is 5.69 Å². The summed E-state index contributed by atoms with van der Waals surface area (Å²) in [7, 11) is 0. The number of carbonyl (C=O) groups is 2. The highest BCUT2D eigenvalue weighted by atomic mass is 32.2. The molecule has 0 radical (unpaired) electrons. The molecule has 2 heterocycles. The number of nitrogens with one attached hydrogen (secondary N) is 1. The minimum atomic E-state index is -0.942. The zero-order valence-corrected chi connectivity index (χ0v) is 21.2. The number of aromatic nitrogens is 3.